The molecule has 2 unspecified atom stereocenters. The molecule has 1 aromatic heterocycles. The molecule has 1 aliphatic heterocycles. The number of hydrogen-bond donors (Lipinski definition) is 0. The predicted molar refractivity (Wildman–Crippen MR) is 140 cm³/mol. The number of amides is 1. The number of unbranched alkanes of at least 4 members (excludes halogenated alkanes) is 7. The first-order chi connectivity index (χ1) is 17.8. The van der Waals surface area contributed by atoms with Gasteiger partial charge in [0, 0.05) is 40.2 Å². The molecule has 8 nitrogen and oxygen atoms in total. The van der Waals surface area contributed by atoms with Crippen molar-refractivity contribution in [1.29, 1.82) is 0 Å². The lowest BCUT2D eigenvalue weighted by Gasteiger charge is -2.44. The molecule has 2 heterocycles. The molecule has 2 rings (SSSR count). The molecule has 1 aromatic rings. The molecule has 37 heavy (non-hydrogen) atoms. The van der Waals surface area contributed by atoms with Gasteiger partial charge in [0.15, 0.2) is 0 Å². The van der Waals surface area contributed by atoms with Gasteiger partial charge in [-0.05, 0) is 37.3 Å². The summed E-state index contributed by atoms with van der Waals surface area (Å²) >= 11 is 0. The fraction of sp³-hybridized carbons (Fsp3) is 0.655. The second kappa shape index (κ2) is 16.0. The molecule has 2 atom stereocenters. The van der Waals surface area contributed by atoms with Gasteiger partial charge >= 0.3 is 11.9 Å². The molecule has 0 aromatic carbocycles. The van der Waals surface area contributed by atoms with E-state index in [0.29, 0.717) is 24.4 Å². The SMILES string of the molecule is CCCCCCCCCC#Cc1cccc(C(CCOC(C)=O)(OC(C)=O)N(C(C)=O)C2CCCO2)n1. The fourth-order valence-corrected chi connectivity index (χ4v) is 4.59. The van der Waals surface area contributed by atoms with Crippen LogP contribution in [0.5, 0.6) is 0 Å². The molecule has 8 heteroatoms. The van der Waals surface area contributed by atoms with Crippen LogP contribution in [0.2, 0.25) is 0 Å². The number of aromatic nitrogens is 1. The predicted octanol–water partition coefficient (Wildman–Crippen LogP) is 5.23. The summed E-state index contributed by atoms with van der Waals surface area (Å²) in [5, 5.41) is 0. The van der Waals surface area contributed by atoms with Gasteiger partial charge in [0.25, 0.3) is 0 Å². The van der Waals surface area contributed by atoms with Gasteiger partial charge in [0.05, 0.1) is 6.61 Å². The van der Waals surface area contributed by atoms with Gasteiger partial charge in [0.2, 0.25) is 11.6 Å². The van der Waals surface area contributed by atoms with E-state index in [1.54, 1.807) is 18.2 Å². The van der Waals surface area contributed by atoms with Crippen LogP contribution in [0.4, 0.5) is 0 Å². The van der Waals surface area contributed by atoms with Crippen molar-refractivity contribution < 1.29 is 28.6 Å². The number of esters is 2. The molecule has 0 saturated carbocycles. The van der Waals surface area contributed by atoms with Crippen LogP contribution in [0.3, 0.4) is 0 Å². The maximum Gasteiger partial charge on any atom is 0.305 e. The molecule has 1 fully saturated rings. The van der Waals surface area contributed by atoms with Gasteiger partial charge in [-0.25, -0.2) is 4.98 Å². The Balaban J connectivity index is 2.31. The van der Waals surface area contributed by atoms with Gasteiger partial charge < -0.3 is 14.2 Å². The number of ether oxygens (including phenoxy) is 3. The molecule has 0 bridgehead atoms. The second-order valence-electron chi connectivity index (χ2n) is 9.41. The number of hydrogen-bond acceptors (Lipinski definition) is 7. The zero-order valence-electron chi connectivity index (χ0n) is 22.8. The summed E-state index contributed by atoms with van der Waals surface area (Å²) in [7, 11) is 0. The molecule has 204 valence electrons. The van der Waals surface area contributed by atoms with Gasteiger partial charge in [-0.2, -0.15) is 0 Å². The Bertz CT molecular complexity index is 947. The molecular weight excluding hydrogens is 472 g/mol. The van der Waals surface area contributed by atoms with Crippen molar-refractivity contribution in [2.45, 2.75) is 110 Å². The highest BCUT2D eigenvalue weighted by molar-refractivity contribution is 5.75. The number of carbonyl (C=O) groups excluding carboxylic acids is 3. The first-order valence-corrected chi connectivity index (χ1v) is 13.5. The molecule has 0 radical (unpaired) electrons. The van der Waals surface area contributed by atoms with Crippen LogP contribution >= 0.6 is 0 Å². The van der Waals surface area contributed by atoms with Crippen molar-refractivity contribution in [1.82, 2.24) is 9.88 Å². The Morgan fingerprint density at radius 3 is 2.43 bits per heavy atom. The topological polar surface area (TPSA) is 95.0 Å². The third-order valence-corrected chi connectivity index (χ3v) is 6.25. The van der Waals surface area contributed by atoms with E-state index < -0.39 is 23.9 Å². The van der Waals surface area contributed by atoms with Crippen LogP contribution in [-0.2, 0) is 34.3 Å². The van der Waals surface area contributed by atoms with Crippen molar-refractivity contribution in [2.24, 2.45) is 0 Å². The lowest BCUT2D eigenvalue weighted by molar-refractivity contribution is -0.221. The average Bonchev–Trinajstić information content (AvgIpc) is 3.36. The smallest absolute Gasteiger partial charge is 0.305 e. The fourth-order valence-electron chi connectivity index (χ4n) is 4.59. The van der Waals surface area contributed by atoms with E-state index in [1.807, 2.05) is 0 Å². The monoisotopic (exact) mass is 514 g/mol. The Morgan fingerprint density at radius 1 is 1.08 bits per heavy atom. The third kappa shape index (κ3) is 9.81. The molecule has 0 spiro atoms. The van der Waals surface area contributed by atoms with Gasteiger partial charge in [-0.1, -0.05) is 57.4 Å². The molecular formula is C29H42N2O6. The molecule has 0 aliphatic carbocycles. The first-order valence-electron chi connectivity index (χ1n) is 13.5. The van der Waals surface area contributed by atoms with Crippen LogP contribution in [0.15, 0.2) is 18.2 Å². The van der Waals surface area contributed by atoms with Crippen LogP contribution in [0.25, 0.3) is 0 Å². The summed E-state index contributed by atoms with van der Waals surface area (Å²) in [5.41, 5.74) is -0.762. The van der Waals surface area contributed by atoms with Crippen molar-refractivity contribution in [3.05, 3.63) is 29.6 Å². The highest BCUT2D eigenvalue weighted by atomic mass is 16.6. The first kappa shape index (κ1) is 30.3. The zero-order chi connectivity index (χ0) is 27.1. The van der Waals surface area contributed by atoms with Gasteiger partial charge in [0.1, 0.15) is 17.6 Å². The number of rotatable bonds is 14. The van der Waals surface area contributed by atoms with E-state index in [-0.39, 0.29) is 18.9 Å². The minimum Gasteiger partial charge on any atom is -0.466 e. The Hall–Kier alpha value is -2.92. The summed E-state index contributed by atoms with van der Waals surface area (Å²) in [4.78, 5) is 42.9. The van der Waals surface area contributed by atoms with E-state index in [1.165, 1.54) is 57.8 Å². The molecule has 1 aliphatic rings. The van der Waals surface area contributed by atoms with Crippen LogP contribution < -0.4 is 0 Å². The largest absolute Gasteiger partial charge is 0.466 e. The number of carbonyl (C=O) groups is 3. The van der Waals surface area contributed by atoms with Crippen LogP contribution in [0.1, 0.15) is 110 Å². The Kier molecular flexibility index (Phi) is 13.1. The summed E-state index contributed by atoms with van der Waals surface area (Å²) in [5.74, 6) is 4.90. The Labute approximate surface area is 221 Å². The van der Waals surface area contributed by atoms with Crippen molar-refractivity contribution in [3.8, 4) is 11.8 Å². The van der Waals surface area contributed by atoms with Crippen molar-refractivity contribution in [3.63, 3.8) is 0 Å². The minimum atomic E-state index is -1.61. The van der Waals surface area contributed by atoms with Gasteiger partial charge in [-0.15, -0.1) is 0 Å². The van der Waals surface area contributed by atoms with Crippen LogP contribution in [0, 0.1) is 11.8 Å². The average molecular weight is 515 g/mol. The summed E-state index contributed by atoms with van der Waals surface area (Å²) in [6.07, 6.45) is 10.1. The maximum atomic E-state index is 13.0. The summed E-state index contributed by atoms with van der Waals surface area (Å²) < 4.78 is 16.9. The minimum absolute atomic E-state index is 0.00745. The molecule has 1 saturated heterocycles. The van der Waals surface area contributed by atoms with E-state index >= 15 is 0 Å². The van der Waals surface area contributed by atoms with E-state index in [9.17, 15) is 14.4 Å². The quantitative estimate of drug-likeness (QED) is 0.145. The van der Waals surface area contributed by atoms with Crippen molar-refractivity contribution >= 4 is 17.8 Å². The lowest BCUT2D eigenvalue weighted by Crippen LogP contribution is -2.57. The number of pyridine rings is 1. The normalized spacial score (nSPS) is 16.3. The second-order valence-corrected chi connectivity index (χ2v) is 9.41. The Morgan fingerprint density at radius 2 is 1.81 bits per heavy atom. The molecule has 1 amide bonds. The zero-order valence-corrected chi connectivity index (χ0v) is 22.8. The van der Waals surface area contributed by atoms with Crippen LogP contribution in [-0.4, -0.2) is 47.2 Å². The highest BCUT2D eigenvalue weighted by Gasteiger charge is 2.49. The highest BCUT2D eigenvalue weighted by Crippen LogP contribution is 2.37. The summed E-state index contributed by atoms with van der Waals surface area (Å²) in [6, 6.07) is 5.26. The number of nitrogens with zero attached hydrogens (tertiary/aromatic N) is 2. The van der Waals surface area contributed by atoms with E-state index in [2.05, 4.69) is 18.8 Å². The van der Waals surface area contributed by atoms with Gasteiger partial charge in [-0.3, -0.25) is 19.3 Å². The van der Waals surface area contributed by atoms with Crippen molar-refractivity contribution in [2.75, 3.05) is 13.2 Å². The summed E-state index contributed by atoms with van der Waals surface area (Å²) in [6.45, 7) is 6.62. The maximum absolute atomic E-state index is 13.0. The lowest BCUT2D eigenvalue weighted by atomic mass is 10.00. The van der Waals surface area contributed by atoms with E-state index in [0.717, 1.165) is 25.7 Å². The van der Waals surface area contributed by atoms with E-state index in [4.69, 9.17) is 19.2 Å². The standard InChI is InChI=1S/C29H42N2O6/c1-5-6-7-8-9-10-11-12-13-16-26-17-14-18-27(30-26)29(37-25(4)34,20-22-35-24(3)33)31(23(2)32)28-19-15-21-36-28/h14,17-18,28H,5-12,15,19-22H2,1-4H3. The third-order valence-electron chi connectivity index (χ3n) is 6.25. The molecule has 0 N–H and O–H groups in total.